The molecule has 0 radical (unpaired) electrons. The van der Waals surface area contributed by atoms with Crippen LogP contribution in [0.4, 0.5) is 0 Å². The van der Waals surface area contributed by atoms with Crippen molar-refractivity contribution in [3.63, 3.8) is 0 Å². The molecule has 0 saturated heterocycles. The van der Waals surface area contributed by atoms with Gasteiger partial charge in [0.2, 0.25) is 5.91 Å². The van der Waals surface area contributed by atoms with Crippen molar-refractivity contribution in [2.24, 2.45) is 11.7 Å². The fourth-order valence-electron chi connectivity index (χ4n) is 1.28. The molecule has 0 fully saturated rings. The van der Waals surface area contributed by atoms with Gasteiger partial charge in [-0.2, -0.15) is 0 Å². The molecule has 3 nitrogen and oxygen atoms in total. The van der Waals surface area contributed by atoms with Crippen LogP contribution in [0.25, 0.3) is 0 Å². The standard InChI is InChI=1S/C10H20N2OS/c1-3-8(4-2)10(13)12-7-5-6-9(11)14/h8H,3-7H2,1-2H3,(H2,11,14)(H,12,13). The summed E-state index contributed by atoms with van der Waals surface area (Å²) in [5, 5.41) is 2.89. The van der Waals surface area contributed by atoms with E-state index in [1.165, 1.54) is 0 Å². The minimum Gasteiger partial charge on any atom is -0.393 e. The number of rotatable bonds is 7. The van der Waals surface area contributed by atoms with E-state index in [1.807, 2.05) is 13.8 Å². The number of thiocarbonyl (C=S) groups is 1. The summed E-state index contributed by atoms with van der Waals surface area (Å²) < 4.78 is 0. The second-order valence-corrected chi connectivity index (χ2v) is 3.90. The van der Waals surface area contributed by atoms with Gasteiger partial charge in [-0.3, -0.25) is 4.79 Å². The summed E-state index contributed by atoms with van der Waals surface area (Å²) >= 11 is 4.74. The zero-order valence-corrected chi connectivity index (χ0v) is 9.82. The topological polar surface area (TPSA) is 55.1 Å². The maximum absolute atomic E-state index is 11.5. The van der Waals surface area contributed by atoms with Crippen molar-refractivity contribution < 1.29 is 4.79 Å². The van der Waals surface area contributed by atoms with Crippen molar-refractivity contribution in [3.05, 3.63) is 0 Å². The third-order valence-corrected chi connectivity index (χ3v) is 2.46. The summed E-state index contributed by atoms with van der Waals surface area (Å²) in [4.78, 5) is 12.0. The lowest BCUT2D eigenvalue weighted by Crippen LogP contribution is -2.31. The van der Waals surface area contributed by atoms with Gasteiger partial charge >= 0.3 is 0 Å². The second-order valence-electron chi connectivity index (χ2n) is 3.37. The lowest BCUT2D eigenvalue weighted by atomic mass is 10.0. The van der Waals surface area contributed by atoms with Crippen LogP contribution in [0.1, 0.15) is 39.5 Å². The first-order chi connectivity index (χ1) is 6.61. The molecular weight excluding hydrogens is 196 g/mol. The molecule has 0 aliphatic carbocycles. The Morgan fingerprint density at radius 1 is 1.43 bits per heavy atom. The molecule has 0 aliphatic rings. The van der Waals surface area contributed by atoms with Crippen molar-refractivity contribution >= 4 is 23.1 Å². The molecule has 0 aromatic carbocycles. The molecule has 0 spiro atoms. The molecule has 1 amide bonds. The van der Waals surface area contributed by atoms with Crippen LogP contribution in [0.3, 0.4) is 0 Å². The molecule has 0 rings (SSSR count). The largest absolute Gasteiger partial charge is 0.393 e. The van der Waals surface area contributed by atoms with Gasteiger partial charge < -0.3 is 11.1 Å². The van der Waals surface area contributed by atoms with Gasteiger partial charge in [-0.25, -0.2) is 0 Å². The van der Waals surface area contributed by atoms with Gasteiger partial charge in [0.15, 0.2) is 0 Å². The predicted octanol–water partition coefficient (Wildman–Crippen LogP) is 1.61. The summed E-state index contributed by atoms with van der Waals surface area (Å²) in [5.41, 5.74) is 5.34. The Kier molecular flexibility index (Phi) is 7.38. The van der Waals surface area contributed by atoms with E-state index >= 15 is 0 Å². The molecule has 0 atom stereocenters. The van der Waals surface area contributed by atoms with Crippen molar-refractivity contribution in [1.29, 1.82) is 0 Å². The predicted molar refractivity (Wildman–Crippen MR) is 63.1 cm³/mol. The highest BCUT2D eigenvalue weighted by Crippen LogP contribution is 2.06. The van der Waals surface area contributed by atoms with Crippen LogP contribution in [0.2, 0.25) is 0 Å². The normalized spacial score (nSPS) is 10.2. The minimum absolute atomic E-state index is 0.151. The Hall–Kier alpha value is -0.640. The van der Waals surface area contributed by atoms with Crippen LogP contribution in [0.5, 0.6) is 0 Å². The first-order valence-corrected chi connectivity index (χ1v) is 5.58. The summed E-state index contributed by atoms with van der Waals surface area (Å²) in [7, 11) is 0. The molecule has 82 valence electrons. The number of nitrogens with two attached hydrogens (primary N) is 1. The fourth-order valence-corrected chi connectivity index (χ4v) is 1.42. The molecule has 0 aromatic heterocycles. The number of carbonyl (C=O) groups excluding carboxylic acids is 1. The lowest BCUT2D eigenvalue weighted by molar-refractivity contribution is -0.125. The summed E-state index contributed by atoms with van der Waals surface area (Å²) in [5.74, 6) is 0.303. The van der Waals surface area contributed by atoms with Gasteiger partial charge in [-0.15, -0.1) is 0 Å². The van der Waals surface area contributed by atoms with Gasteiger partial charge in [0.1, 0.15) is 0 Å². The van der Waals surface area contributed by atoms with Crippen molar-refractivity contribution in [2.75, 3.05) is 6.54 Å². The number of carbonyl (C=O) groups is 1. The molecule has 0 bridgehead atoms. The van der Waals surface area contributed by atoms with Crippen molar-refractivity contribution in [2.45, 2.75) is 39.5 Å². The maximum atomic E-state index is 11.5. The van der Waals surface area contributed by atoms with E-state index in [0.29, 0.717) is 18.0 Å². The Morgan fingerprint density at radius 3 is 2.43 bits per heavy atom. The van der Waals surface area contributed by atoms with E-state index in [2.05, 4.69) is 5.32 Å². The highest BCUT2D eigenvalue weighted by Gasteiger charge is 2.12. The zero-order valence-electron chi connectivity index (χ0n) is 9.01. The molecule has 0 saturated carbocycles. The van der Waals surface area contributed by atoms with E-state index in [0.717, 1.165) is 19.3 Å². The van der Waals surface area contributed by atoms with Crippen LogP contribution >= 0.6 is 12.2 Å². The average molecular weight is 216 g/mol. The minimum atomic E-state index is 0.151. The van der Waals surface area contributed by atoms with Crippen LogP contribution < -0.4 is 11.1 Å². The third kappa shape index (κ3) is 5.91. The molecule has 4 heteroatoms. The van der Waals surface area contributed by atoms with Crippen LogP contribution in [0, 0.1) is 5.92 Å². The third-order valence-electron chi connectivity index (χ3n) is 2.26. The smallest absolute Gasteiger partial charge is 0.223 e. The van der Waals surface area contributed by atoms with Gasteiger partial charge in [0.25, 0.3) is 0 Å². The number of nitrogens with one attached hydrogen (secondary N) is 1. The molecule has 0 unspecified atom stereocenters. The first-order valence-electron chi connectivity index (χ1n) is 5.17. The van der Waals surface area contributed by atoms with E-state index in [1.54, 1.807) is 0 Å². The highest BCUT2D eigenvalue weighted by atomic mass is 32.1. The van der Waals surface area contributed by atoms with E-state index in [-0.39, 0.29) is 11.8 Å². The van der Waals surface area contributed by atoms with Crippen LogP contribution in [0.15, 0.2) is 0 Å². The SMILES string of the molecule is CCC(CC)C(=O)NCCCC(N)=S. The monoisotopic (exact) mass is 216 g/mol. The Labute approximate surface area is 91.4 Å². The van der Waals surface area contributed by atoms with Crippen LogP contribution in [-0.2, 0) is 4.79 Å². The zero-order chi connectivity index (χ0) is 11.0. The second kappa shape index (κ2) is 7.74. The Bertz CT molecular complexity index is 191. The van der Waals surface area contributed by atoms with Crippen LogP contribution in [-0.4, -0.2) is 17.4 Å². The Morgan fingerprint density at radius 2 is 2.00 bits per heavy atom. The number of amides is 1. The summed E-state index contributed by atoms with van der Waals surface area (Å²) in [6.45, 7) is 4.73. The molecular formula is C10H20N2OS. The van der Waals surface area contributed by atoms with E-state index in [4.69, 9.17) is 18.0 Å². The first kappa shape index (κ1) is 13.4. The fraction of sp³-hybridized carbons (Fsp3) is 0.800. The van der Waals surface area contributed by atoms with E-state index in [9.17, 15) is 4.79 Å². The molecule has 0 aromatic rings. The quantitative estimate of drug-likeness (QED) is 0.502. The Balaban J connectivity index is 3.57. The van der Waals surface area contributed by atoms with Gasteiger partial charge in [0.05, 0.1) is 4.99 Å². The van der Waals surface area contributed by atoms with Gasteiger partial charge in [-0.1, -0.05) is 26.1 Å². The molecule has 14 heavy (non-hydrogen) atoms. The molecule has 3 N–H and O–H groups in total. The lowest BCUT2D eigenvalue weighted by Gasteiger charge is -2.12. The molecule has 0 aliphatic heterocycles. The van der Waals surface area contributed by atoms with Crippen molar-refractivity contribution in [1.82, 2.24) is 5.32 Å². The van der Waals surface area contributed by atoms with E-state index < -0.39 is 0 Å². The highest BCUT2D eigenvalue weighted by molar-refractivity contribution is 7.80. The van der Waals surface area contributed by atoms with Crippen molar-refractivity contribution in [3.8, 4) is 0 Å². The van der Waals surface area contributed by atoms with Gasteiger partial charge in [-0.05, 0) is 25.7 Å². The average Bonchev–Trinajstić information content (AvgIpc) is 2.14. The summed E-state index contributed by atoms with van der Waals surface area (Å²) in [6.07, 6.45) is 3.34. The van der Waals surface area contributed by atoms with Gasteiger partial charge in [0, 0.05) is 12.5 Å². The summed E-state index contributed by atoms with van der Waals surface area (Å²) in [6, 6.07) is 0. The molecule has 0 heterocycles. The maximum Gasteiger partial charge on any atom is 0.223 e. The number of hydrogen-bond donors (Lipinski definition) is 2. The number of hydrogen-bond acceptors (Lipinski definition) is 2.